The molecule has 0 fully saturated rings. The first kappa shape index (κ1) is 13.8. The van der Waals surface area contributed by atoms with E-state index in [0.717, 1.165) is 12.0 Å². The van der Waals surface area contributed by atoms with E-state index in [1.165, 1.54) is 12.1 Å². The van der Waals surface area contributed by atoms with E-state index in [1.807, 2.05) is 0 Å². The number of benzene rings is 1. The van der Waals surface area contributed by atoms with Crippen LogP contribution in [0.15, 0.2) is 18.2 Å². The van der Waals surface area contributed by atoms with E-state index < -0.39 is 0 Å². The highest BCUT2D eigenvalue weighted by atomic mass is 16.3. The zero-order valence-electron chi connectivity index (χ0n) is 10.3. The van der Waals surface area contributed by atoms with E-state index in [1.54, 1.807) is 6.07 Å². The quantitative estimate of drug-likeness (QED) is 0.569. The van der Waals surface area contributed by atoms with Crippen molar-refractivity contribution in [3.63, 3.8) is 0 Å². The van der Waals surface area contributed by atoms with Gasteiger partial charge in [-0.15, -0.1) is 0 Å². The molecule has 0 heterocycles. The summed E-state index contributed by atoms with van der Waals surface area (Å²) in [7, 11) is 0. The van der Waals surface area contributed by atoms with Gasteiger partial charge in [-0.1, -0.05) is 19.9 Å². The fraction of sp³-hybridized carbons (Fsp3) is 0.538. The fourth-order valence-electron chi connectivity index (χ4n) is 1.69. The van der Waals surface area contributed by atoms with Crippen LogP contribution in [0.4, 0.5) is 0 Å². The average molecular weight is 239 g/mol. The summed E-state index contributed by atoms with van der Waals surface area (Å²) >= 11 is 0. The van der Waals surface area contributed by atoms with Crippen molar-refractivity contribution >= 4 is 0 Å². The summed E-state index contributed by atoms with van der Waals surface area (Å²) in [6.45, 7) is 5.23. The number of phenols is 2. The van der Waals surface area contributed by atoms with Gasteiger partial charge in [0, 0.05) is 13.1 Å². The number of hydrogen-bond donors (Lipinski definition) is 4. The summed E-state index contributed by atoms with van der Waals surface area (Å²) in [6.07, 6.45) is 0.425. The number of rotatable bonds is 6. The van der Waals surface area contributed by atoms with Crippen LogP contribution >= 0.6 is 0 Å². The third-order valence-electron chi connectivity index (χ3n) is 2.49. The molecule has 0 aromatic heterocycles. The van der Waals surface area contributed by atoms with Crippen LogP contribution in [0.5, 0.6) is 11.5 Å². The monoisotopic (exact) mass is 239 g/mol. The van der Waals surface area contributed by atoms with Crippen LogP contribution in [0.25, 0.3) is 0 Å². The van der Waals surface area contributed by atoms with Gasteiger partial charge in [0.1, 0.15) is 0 Å². The maximum atomic E-state index is 9.64. The summed E-state index contributed by atoms with van der Waals surface area (Å²) in [5.74, 6) is 0.241. The molecule has 1 rings (SSSR count). The molecule has 0 saturated heterocycles. The lowest BCUT2D eigenvalue weighted by atomic mass is 10.1. The highest BCUT2D eigenvalue weighted by Crippen LogP contribution is 2.24. The molecule has 0 amide bonds. The Morgan fingerprint density at radius 3 is 2.47 bits per heavy atom. The molecule has 4 N–H and O–H groups in total. The van der Waals surface area contributed by atoms with Crippen LogP contribution in [0.2, 0.25) is 0 Å². The lowest BCUT2D eigenvalue weighted by Gasteiger charge is -2.14. The van der Waals surface area contributed by atoms with Crippen LogP contribution in [0, 0.1) is 5.92 Å². The van der Waals surface area contributed by atoms with Crippen molar-refractivity contribution in [3.8, 4) is 11.5 Å². The van der Waals surface area contributed by atoms with Crippen molar-refractivity contribution in [2.45, 2.75) is 32.9 Å². The first-order valence-electron chi connectivity index (χ1n) is 5.88. The maximum absolute atomic E-state index is 9.64. The molecule has 1 unspecified atom stereocenters. The second-order valence-corrected chi connectivity index (χ2v) is 4.74. The molecule has 0 aliphatic rings. The normalized spacial score (nSPS) is 12.9. The standard InChI is InChI=1S/C13H21NO3/c1-9(2)5-11(15)8-14-7-10-3-4-12(16)13(17)6-10/h3-4,6,9,11,14-17H,5,7-8H2,1-2H3. The van der Waals surface area contributed by atoms with Crippen molar-refractivity contribution in [1.29, 1.82) is 0 Å². The molecule has 4 nitrogen and oxygen atoms in total. The van der Waals surface area contributed by atoms with Gasteiger partial charge in [0.05, 0.1) is 6.10 Å². The maximum Gasteiger partial charge on any atom is 0.157 e. The Morgan fingerprint density at radius 2 is 1.88 bits per heavy atom. The minimum absolute atomic E-state index is 0.117. The molecule has 4 heteroatoms. The van der Waals surface area contributed by atoms with E-state index >= 15 is 0 Å². The number of nitrogens with one attached hydrogen (secondary N) is 1. The second kappa shape index (κ2) is 6.47. The van der Waals surface area contributed by atoms with Gasteiger partial charge in [-0.2, -0.15) is 0 Å². The van der Waals surface area contributed by atoms with Gasteiger partial charge >= 0.3 is 0 Å². The summed E-state index contributed by atoms with van der Waals surface area (Å²) < 4.78 is 0. The minimum atomic E-state index is -0.347. The third-order valence-corrected chi connectivity index (χ3v) is 2.49. The summed E-state index contributed by atoms with van der Waals surface area (Å²) in [6, 6.07) is 4.70. The number of phenolic OH excluding ortho intramolecular Hbond substituents is 2. The molecule has 0 radical (unpaired) electrons. The Labute approximate surface area is 102 Å². The van der Waals surface area contributed by atoms with Gasteiger partial charge < -0.3 is 20.6 Å². The van der Waals surface area contributed by atoms with Crippen molar-refractivity contribution in [2.75, 3.05) is 6.54 Å². The van der Waals surface area contributed by atoms with Gasteiger partial charge in [-0.25, -0.2) is 0 Å². The van der Waals surface area contributed by atoms with Gasteiger partial charge in [-0.3, -0.25) is 0 Å². The van der Waals surface area contributed by atoms with Crippen LogP contribution in [0.1, 0.15) is 25.8 Å². The predicted molar refractivity (Wildman–Crippen MR) is 66.9 cm³/mol. The van der Waals surface area contributed by atoms with Gasteiger partial charge in [0.25, 0.3) is 0 Å². The van der Waals surface area contributed by atoms with Crippen molar-refractivity contribution in [1.82, 2.24) is 5.32 Å². The van der Waals surface area contributed by atoms with Crippen molar-refractivity contribution in [3.05, 3.63) is 23.8 Å². The van der Waals surface area contributed by atoms with E-state index in [2.05, 4.69) is 19.2 Å². The molecule has 96 valence electrons. The Balaban J connectivity index is 2.33. The average Bonchev–Trinajstić information content (AvgIpc) is 2.22. The van der Waals surface area contributed by atoms with E-state index in [9.17, 15) is 10.2 Å². The van der Waals surface area contributed by atoms with Crippen molar-refractivity contribution < 1.29 is 15.3 Å². The minimum Gasteiger partial charge on any atom is -0.504 e. The Morgan fingerprint density at radius 1 is 1.18 bits per heavy atom. The molecule has 1 atom stereocenters. The molecular weight excluding hydrogens is 218 g/mol. The van der Waals surface area contributed by atoms with Gasteiger partial charge in [-0.05, 0) is 30.0 Å². The molecule has 0 aliphatic carbocycles. The highest BCUT2D eigenvalue weighted by Gasteiger charge is 2.06. The topological polar surface area (TPSA) is 72.7 Å². The third kappa shape index (κ3) is 5.06. The molecule has 17 heavy (non-hydrogen) atoms. The number of aliphatic hydroxyl groups excluding tert-OH is 1. The first-order valence-corrected chi connectivity index (χ1v) is 5.88. The fourth-order valence-corrected chi connectivity index (χ4v) is 1.69. The zero-order chi connectivity index (χ0) is 12.8. The Hall–Kier alpha value is -1.26. The largest absolute Gasteiger partial charge is 0.504 e. The molecule has 0 bridgehead atoms. The smallest absolute Gasteiger partial charge is 0.157 e. The lowest BCUT2D eigenvalue weighted by Crippen LogP contribution is -2.27. The van der Waals surface area contributed by atoms with Gasteiger partial charge in [0.2, 0.25) is 0 Å². The van der Waals surface area contributed by atoms with E-state index in [-0.39, 0.29) is 17.6 Å². The number of hydrogen-bond acceptors (Lipinski definition) is 4. The molecule has 1 aromatic rings. The summed E-state index contributed by atoms with van der Waals surface area (Å²) in [5.41, 5.74) is 0.872. The second-order valence-electron chi connectivity index (χ2n) is 4.74. The van der Waals surface area contributed by atoms with Crippen LogP contribution < -0.4 is 5.32 Å². The van der Waals surface area contributed by atoms with Gasteiger partial charge in [0.15, 0.2) is 11.5 Å². The first-order chi connectivity index (χ1) is 7.99. The van der Waals surface area contributed by atoms with Crippen LogP contribution in [-0.4, -0.2) is 28.0 Å². The Bertz CT molecular complexity index is 353. The molecule has 0 aliphatic heterocycles. The van der Waals surface area contributed by atoms with Crippen LogP contribution in [-0.2, 0) is 6.54 Å². The van der Waals surface area contributed by atoms with Crippen molar-refractivity contribution in [2.24, 2.45) is 5.92 Å². The molecular formula is C13H21NO3. The summed E-state index contributed by atoms with van der Waals surface area (Å²) in [4.78, 5) is 0. The molecule has 0 spiro atoms. The highest BCUT2D eigenvalue weighted by molar-refractivity contribution is 5.40. The van der Waals surface area contributed by atoms with E-state index in [0.29, 0.717) is 19.0 Å². The number of aromatic hydroxyl groups is 2. The number of aliphatic hydroxyl groups is 1. The lowest BCUT2D eigenvalue weighted by molar-refractivity contribution is 0.146. The Kier molecular flexibility index (Phi) is 5.25. The molecule has 1 aromatic carbocycles. The SMILES string of the molecule is CC(C)CC(O)CNCc1ccc(O)c(O)c1. The zero-order valence-corrected chi connectivity index (χ0v) is 10.3. The van der Waals surface area contributed by atoms with Crippen LogP contribution in [0.3, 0.4) is 0 Å². The van der Waals surface area contributed by atoms with E-state index in [4.69, 9.17) is 5.11 Å². The predicted octanol–water partition coefficient (Wildman–Crippen LogP) is 1.59. The molecule has 0 saturated carbocycles. The summed E-state index contributed by atoms with van der Waals surface area (Å²) in [5, 5.41) is 31.2.